The highest BCUT2D eigenvalue weighted by atomic mass is 16.3. The Kier molecular flexibility index (Phi) is 5.66. The topological polar surface area (TPSA) is 78.4 Å². The first kappa shape index (κ1) is 17.1. The molecule has 6 nitrogen and oxygen atoms in total. The van der Waals surface area contributed by atoms with Crippen LogP contribution in [0.3, 0.4) is 0 Å². The maximum absolute atomic E-state index is 12.6. The average Bonchev–Trinajstić information content (AvgIpc) is 3.07. The number of hydrogen-bond acceptors (Lipinski definition) is 4. The molecule has 0 aromatic carbocycles. The summed E-state index contributed by atoms with van der Waals surface area (Å²) >= 11 is 0. The van der Waals surface area contributed by atoms with E-state index < -0.39 is 0 Å². The number of nitrogens with one attached hydrogen (secondary N) is 1. The van der Waals surface area contributed by atoms with Gasteiger partial charge in [-0.2, -0.15) is 0 Å². The number of carbonyl (C=O) groups excluding carboxylic acids is 1. The summed E-state index contributed by atoms with van der Waals surface area (Å²) in [5.41, 5.74) is 0.882. The molecule has 1 saturated carbocycles. The Balaban J connectivity index is 1.53. The van der Waals surface area contributed by atoms with Gasteiger partial charge in [-0.3, -0.25) is 9.97 Å². The minimum absolute atomic E-state index is 0.00758. The number of nitrogens with zero attached hydrogens (tertiary/aromatic N) is 3. The number of urea groups is 1. The van der Waals surface area contributed by atoms with Gasteiger partial charge in [0.2, 0.25) is 0 Å². The van der Waals surface area contributed by atoms with Crippen LogP contribution in [0.1, 0.15) is 44.7 Å². The second-order valence-electron chi connectivity index (χ2n) is 7.23. The minimum Gasteiger partial charge on any atom is -0.393 e. The molecule has 0 bridgehead atoms. The summed E-state index contributed by atoms with van der Waals surface area (Å²) in [6.07, 6.45) is 10.5. The number of rotatable bonds is 4. The fourth-order valence-electron chi connectivity index (χ4n) is 4.17. The number of carbonyl (C=O) groups is 1. The molecular formula is C18H28N4O2. The van der Waals surface area contributed by atoms with E-state index in [9.17, 15) is 9.90 Å². The van der Waals surface area contributed by atoms with Crippen LogP contribution in [-0.4, -0.2) is 51.2 Å². The zero-order valence-electron chi connectivity index (χ0n) is 14.4. The molecule has 1 saturated heterocycles. The van der Waals surface area contributed by atoms with Gasteiger partial charge in [0.25, 0.3) is 0 Å². The number of hydrogen-bond donors (Lipinski definition) is 2. The lowest BCUT2D eigenvalue weighted by Crippen LogP contribution is -2.49. The van der Waals surface area contributed by atoms with E-state index in [-0.39, 0.29) is 24.1 Å². The van der Waals surface area contributed by atoms with Gasteiger partial charge in [0.05, 0.1) is 11.8 Å². The normalized spacial score (nSPS) is 30.3. The van der Waals surface area contributed by atoms with E-state index in [4.69, 9.17) is 0 Å². The molecule has 132 valence electrons. The lowest BCUT2D eigenvalue weighted by molar-refractivity contribution is 0.0153. The minimum atomic E-state index is -0.265. The van der Waals surface area contributed by atoms with Crippen molar-refractivity contribution in [1.29, 1.82) is 0 Å². The molecule has 0 radical (unpaired) electrons. The predicted molar refractivity (Wildman–Crippen MR) is 91.4 cm³/mol. The van der Waals surface area contributed by atoms with Gasteiger partial charge in [0.15, 0.2) is 0 Å². The molecule has 4 atom stereocenters. The molecule has 1 aliphatic heterocycles. The zero-order valence-corrected chi connectivity index (χ0v) is 14.4. The molecule has 2 fully saturated rings. The van der Waals surface area contributed by atoms with Crippen LogP contribution in [0.5, 0.6) is 0 Å². The maximum Gasteiger partial charge on any atom is 0.317 e. The second-order valence-corrected chi connectivity index (χ2v) is 7.23. The fourth-order valence-corrected chi connectivity index (χ4v) is 4.17. The van der Waals surface area contributed by atoms with Crippen LogP contribution in [-0.2, 0) is 6.42 Å². The number of likely N-dealkylation sites (tertiary alicyclic amines) is 1. The molecular weight excluding hydrogens is 304 g/mol. The average molecular weight is 332 g/mol. The molecule has 2 heterocycles. The number of aliphatic hydroxyl groups excluding tert-OH is 1. The van der Waals surface area contributed by atoms with Gasteiger partial charge in [-0.05, 0) is 38.0 Å². The van der Waals surface area contributed by atoms with Crippen LogP contribution in [0.25, 0.3) is 0 Å². The van der Waals surface area contributed by atoms with Gasteiger partial charge in [0, 0.05) is 50.1 Å². The Morgan fingerprint density at radius 1 is 1.38 bits per heavy atom. The van der Waals surface area contributed by atoms with Gasteiger partial charge < -0.3 is 15.3 Å². The molecule has 0 unspecified atom stereocenters. The standard InChI is InChI=1S/C18H28N4O2/c1-13-4-5-17(23)15(11-13)16-3-2-10-22(16)18(24)21-7-6-14-12-19-8-9-20-14/h8-9,12-13,15-17,23H,2-7,10-11H2,1H3,(H,21,24)/t13-,15-,16-,17+/m1/s1. The Bertz CT molecular complexity index is 539. The lowest BCUT2D eigenvalue weighted by atomic mass is 9.76. The molecule has 2 N–H and O–H groups in total. The van der Waals surface area contributed by atoms with Crippen molar-refractivity contribution in [2.24, 2.45) is 11.8 Å². The first-order valence-electron chi connectivity index (χ1n) is 9.12. The Morgan fingerprint density at radius 2 is 2.25 bits per heavy atom. The van der Waals surface area contributed by atoms with Gasteiger partial charge >= 0.3 is 6.03 Å². The van der Waals surface area contributed by atoms with Crippen molar-refractivity contribution < 1.29 is 9.90 Å². The Morgan fingerprint density at radius 3 is 3.04 bits per heavy atom. The third kappa shape index (κ3) is 4.04. The van der Waals surface area contributed by atoms with E-state index in [0.29, 0.717) is 18.9 Å². The van der Waals surface area contributed by atoms with Gasteiger partial charge in [0.1, 0.15) is 0 Å². The number of aliphatic hydroxyl groups is 1. The van der Waals surface area contributed by atoms with Crippen LogP contribution in [0.2, 0.25) is 0 Å². The van der Waals surface area contributed by atoms with Gasteiger partial charge in [-0.15, -0.1) is 0 Å². The summed E-state index contributed by atoms with van der Waals surface area (Å²) in [7, 11) is 0. The molecule has 0 spiro atoms. The SMILES string of the molecule is C[C@@H]1CC[C@H](O)[C@@H]([C@H]2CCCN2C(=O)NCCc2cnccn2)C1. The summed E-state index contributed by atoms with van der Waals surface area (Å²) < 4.78 is 0. The van der Waals surface area contributed by atoms with E-state index in [0.717, 1.165) is 44.3 Å². The summed E-state index contributed by atoms with van der Waals surface area (Å²) in [6.45, 7) is 3.60. The quantitative estimate of drug-likeness (QED) is 0.884. The molecule has 6 heteroatoms. The lowest BCUT2D eigenvalue weighted by Gasteiger charge is -2.39. The number of amides is 2. The first-order valence-corrected chi connectivity index (χ1v) is 9.12. The highest BCUT2D eigenvalue weighted by Crippen LogP contribution is 2.37. The number of aromatic nitrogens is 2. The van der Waals surface area contributed by atoms with Crippen molar-refractivity contribution in [3.05, 3.63) is 24.3 Å². The molecule has 1 aliphatic carbocycles. The van der Waals surface area contributed by atoms with Crippen molar-refractivity contribution >= 4 is 6.03 Å². The highest BCUT2D eigenvalue weighted by molar-refractivity contribution is 5.74. The largest absolute Gasteiger partial charge is 0.393 e. The molecule has 2 amide bonds. The monoisotopic (exact) mass is 332 g/mol. The van der Waals surface area contributed by atoms with E-state index >= 15 is 0 Å². The predicted octanol–water partition coefficient (Wildman–Crippen LogP) is 1.99. The van der Waals surface area contributed by atoms with E-state index in [1.807, 2.05) is 4.90 Å². The van der Waals surface area contributed by atoms with E-state index in [1.165, 1.54) is 0 Å². The van der Waals surface area contributed by atoms with Crippen molar-refractivity contribution in [1.82, 2.24) is 20.2 Å². The second kappa shape index (κ2) is 7.92. The van der Waals surface area contributed by atoms with Crippen LogP contribution in [0.15, 0.2) is 18.6 Å². The van der Waals surface area contributed by atoms with Crippen molar-refractivity contribution in [2.75, 3.05) is 13.1 Å². The zero-order chi connectivity index (χ0) is 16.9. The van der Waals surface area contributed by atoms with E-state index in [2.05, 4.69) is 22.2 Å². The molecule has 3 rings (SSSR count). The van der Waals surface area contributed by atoms with Crippen LogP contribution >= 0.6 is 0 Å². The summed E-state index contributed by atoms with van der Waals surface area (Å²) in [4.78, 5) is 22.8. The molecule has 1 aromatic heterocycles. The molecule has 24 heavy (non-hydrogen) atoms. The maximum atomic E-state index is 12.6. The van der Waals surface area contributed by atoms with Crippen molar-refractivity contribution in [2.45, 2.75) is 57.6 Å². The Hall–Kier alpha value is -1.69. The summed E-state index contributed by atoms with van der Waals surface area (Å²) in [5, 5.41) is 13.4. The van der Waals surface area contributed by atoms with Crippen molar-refractivity contribution in [3.63, 3.8) is 0 Å². The van der Waals surface area contributed by atoms with Crippen LogP contribution in [0.4, 0.5) is 4.79 Å². The van der Waals surface area contributed by atoms with Crippen LogP contribution < -0.4 is 5.32 Å². The van der Waals surface area contributed by atoms with Crippen LogP contribution in [0, 0.1) is 11.8 Å². The fraction of sp³-hybridized carbons (Fsp3) is 0.722. The summed E-state index contributed by atoms with van der Waals surface area (Å²) in [5.74, 6) is 0.863. The Labute approximate surface area is 143 Å². The van der Waals surface area contributed by atoms with Gasteiger partial charge in [-0.25, -0.2) is 4.79 Å². The third-order valence-corrected chi connectivity index (χ3v) is 5.45. The first-order chi connectivity index (χ1) is 11.6. The highest BCUT2D eigenvalue weighted by Gasteiger charge is 2.40. The van der Waals surface area contributed by atoms with Gasteiger partial charge in [-0.1, -0.05) is 6.92 Å². The van der Waals surface area contributed by atoms with Crippen molar-refractivity contribution in [3.8, 4) is 0 Å². The summed E-state index contributed by atoms with van der Waals surface area (Å²) in [6, 6.07) is 0.172. The third-order valence-electron chi connectivity index (χ3n) is 5.45. The molecule has 1 aromatic rings. The van der Waals surface area contributed by atoms with E-state index in [1.54, 1.807) is 18.6 Å². The smallest absolute Gasteiger partial charge is 0.317 e. The molecule has 2 aliphatic rings.